The van der Waals surface area contributed by atoms with E-state index in [4.69, 9.17) is 69.0 Å². The monoisotopic (exact) mass is 1620 g/mol. The lowest BCUT2D eigenvalue weighted by molar-refractivity contribution is 0.111. The lowest BCUT2D eigenvalue weighted by atomic mass is 10.1. The normalized spacial score (nSPS) is 10.6. The molecule has 0 spiro atoms. The van der Waals surface area contributed by atoms with Gasteiger partial charge in [0.2, 0.25) is 35.3 Å². The van der Waals surface area contributed by atoms with E-state index >= 15 is 0 Å². The Bertz CT molecular complexity index is 5610. The maximum Gasteiger partial charge on any atom is 0.269 e. The molecule has 112 heavy (non-hydrogen) atoms. The number of aldehydes is 1. The van der Waals surface area contributed by atoms with Gasteiger partial charge in [-0.15, -0.1) is 0 Å². The van der Waals surface area contributed by atoms with Crippen molar-refractivity contribution in [2.45, 2.75) is 99.3 Å². The first kappa shape index (κ1) is 91.1. The number of ether oxygens (including phenoxy) is 6. The van der Waals surface area contributed by atoms with E-state index in [1.54, 1.807) is 144 Å². The third-order valence-corrected chi connectivity index (χ3v) is 20.6. The zero-order chi connectivity index (χ0) is 74.9. The van der Waals surface area contributed by atoms with E-state index in [9.17, 15) is 21.6 Å². The molecule has 14 rings (SSSR count). The summed E-state index contributed by atoms with van der Waals surface area (Å²) in [6.07, 6.45) is 20.5. The van der Waals surface area contributed by atoms with Gasteiger partial charge >= 0.3 is 0 Å². The van der Waals surface area contributed by atoms with Crippen LogP contribution in [0.4, 0.5) is 5.82 Å². The van der Waals surface area contributed by atoms with Gasteiger partial charge in [-0.1, -0.05) is 134 Å². The fraction of sp³-hybridized carbons (Fsp3) is 0.229. The van der Waals surface area contributed by atoms with E-state index in [-0.39, 0.29) is 60.2 Å². The molecule has 0 radical (unpaired) electrons. The van der Waals surface area contributed by atoms with Crippen LogP contribution in [0.2, 0.25) is 15.1 Å². The summed E-state index contributed by atoms with van der Waals surface area (Å²) in [7, 11) is 1.71. The van der Waals surface area contributed by atoms with Gasteiger partial charge in [-0.3, -0.25) is 14.8 Å². The molecule has 29 heteroatoms. The number of hydrogen-bond acceptors (Lipinski definition) is 21. The summed E-state index contributed by atoms with van der Waals surface area (Å²) in [5.74, 6) is 3.31. The second-order valence-electron chi connectivity index (χ2n) is 23.5. The van der Waals surface area contributed by atoms with E-state index in [0.29, 0.717) is 110 Å². The van der Waals surface area contributed by atoms with E-state index in [1.165, 1.54) is 34.6 Å². The highest BCUT2D eigenvalue weighted by atomic mass is 35.5. The second-order valence-corrected chi connectivity index (χ2v) is 28.4. The summed E-state index contributed by atoms with van der Waals surface area (Å²) < 4.78 is 86.1. The SMILES string of the molecule is C.C.C.C.C.C.COc1ccc(C=O)c(OC)n1.COc1ccc(CCc2ccc(Cc3c[nH]c4ncc(Cl)cc34)cn2)c(OC)n1.COc1ccc(CCc2ccc(Cc3cn(S(=O)(=O)c4ccccc4)c4ncc(Cl)cc34)cn2)c(OC)n1.Nc1ccc(Cc2cn(S(=O)(=O)c3ccccc3)c3ncc(Cl)cc23)cn1. The van der Waals surface area contributed by atoms with Crippen LogP contribution in [-0.4, -0.2) is 124 Å². The van der Waals surface area contributed by atoms with Gasteiger partial charge < -0.3 is 39.1 Å². The number of aromatic amines is 1. The first-order valence-electron chi connectivity index (χ1n) is 32.6. The summed E-state index contributed by atoms with van der Waals surface area (Å²) >= 11 is 18.4. The lowest BCUT2D eigenvalue weighted by Crippen LogP contribution is -2.12. The van der Waals surface area contributed by atoms with E-state index in [0.717, 1.165) is 86.2 Å². The molecule has 12 heterocycles. The molecule has 0 aliphatic rings. The van der Waals surface area contributed by atoms with Gasteiger partial charge in [0.05, 0.1) is 73.1 Å². The number of nitrogens with two attached hydrogens (primary N) is 1. The van der Waals surface area contributed by atoms with Crippen molar-refractivity contribution >= 4 is 100 Å². The highest BCUT2D eigenvalue weighted by Crippen LogP contribution is 2.32. The number of nitrogens with zero attached hydrogens (tertiary/aromatic N) is 11. The first-order valence-corrected chi connectivity index (χ1v) is 36.6. The molecule has 0 aliphatic heterocycles. The smallest absolute Gasteiger partial charge is 0.269 e. The van der Waals surface area contributed by atoms with Crippen molar-refractivity contribution in [2.75, 3.05) is 48.4 Å². The van der Waals surface area contributed by atoms with Crippen LogP contribution in [0.1, 0.15) is 111 Å². The summed E-state index contributed by atoms with van der Waals surface area (Å²) in [5.41, 5.74) is 17.2. The molecule has 24 nitrogen and oxygen atoms in total. The number of pyridine rings is 9. The lowest BCUT2D eigenvalue weighted by Gasteiger charge is -2.09. The molecule has 0 bridgehead atoms. The molecule has 0 amide bonds. The molecule has 0 saturated carbocycles. The van der Waals surface area contributed by atoms with E-state index in [2.05, 4.69) is 62.0 Å². The Kier molecular flexibility index (Phi) is 34.2. The maximum absolute atomic E-state index is 13.4. The predicted molar refractivity (Wildman–Crippen MR) is 447 cm³/mol. The number of rotatable bonds is 23. The van der Waals surface area contributed by atoms with Crippen molar-refractivity contribution < 1.29 is 50.1 Å². The number of H-pyrrole nitrogens is 1. The van der Waals surface area contributed by atoms with Crippen LogP contribution in [0, 0.1) is 0 Å². The number of methoxy groups -OCH3 is 6. The van der Waals surface area contributed by atoms with Gasteiger partial charge in [-0.25, -0.2) is 44.7 Å². The van der Waals surface area contributed by atoms with E-state index < -0.39 is 20.0 Å². The third kappa shape index (κ3) is 22.1. The number of benzene rings is 2. The average molecular weight is 1620 g/mol. The van der Waals surface area contributed by atoms with Gasteiger partial charge in [-0.2, -0.15) is 15.0 Å². The quantitative estimate of drug-likeness (QED) is 0.0562. The van der Waals surface area contributed by atoms with Gasteiger partial charge in [0, 0.05) is 132 Å². The molecule has 0 atom stereocenters. The van der Waals surface area contributed by atoms with Crippen LogP contribution in [0.25, 0.3) is 33.1 Å². The van der Waals surface area contributed by atoms with Gasteiger partial charge in [0.15, 0.2) is 17.6 Å². The summed E-state index contributed by atoms with van der Waals surface area (Å²) in [6.45, 7) is 0. The molecule has 12 aromatic heterocycles. The Morgan fingerprint density at radius 2 is 0.804 bits per heavy atom. The minimum atomic E-state index is -3.83. The van der Waals surface area contributed by atoms with Crippen LogP contribution in [0.15, 0.2) is 217 Å². The molecule has 590 valence electrons. The molecule has 2 aromatic carbocycles. The third-order valence-electron chi connectivity index (χ3n) is 16.6. The molecule has 3 N–H and O–H groups in total. The Hall–Kier alpha value is -11.6. The largest absolute Gasteiger partial charge is 0.481 e. The van der Waals surface area contributed by atoms with Crippen LogP contribution in [-0.2, 0) is 65.0 Å². The number of anilines is 1. The van der Waals surface area contributed by atoms with Crippen LogP contribution >= 0.6 is 34.8 Å². The molecule has 0 fully saturated rings. The zero-order valence-corrected chi connectivity index (χ0v) is 62.0. The van der Waals surface area contributed by atoms with Crippen molar-refractivity contribution in [2.24, 2.45) is 0 Å². The Morgan fingerprint density at radius 1 is 0.411 bits per heavy atom. The average Bonchev–Trinajstić information content (AvgIpc) is 1.61. The fourth-order valence-corrected chi connectivity index (χ4v) is 14.5. The van der Waals surface area contributed by atoms with E-state index in [1.807, 2.05) is 67.1 Å². The topological polar surface area (TPSA) is 308 Å². The number of aromatic nitrogens is 12. The van der Waals surface area contributed by atoms with Crippen molar-refractivity contribution in [1.29, 1.82) is 0 Å². The minimum absolute atomic E-state index is 0. The van der Waals surface area contributed by atoms with Crippen molar-refractivity contribution in [1.82, 2.24) is 57.8 Å². The summed E-state index contributed by atoms with van der Waals surface area (Å²) in [6, 6.07) is 44.4. The number of halogens is 3. The van der Waals surface area contributed by atoms with Crippen LogP contribution in [0.3, 0.4) is 0 Å². The maximum atomic E-state index is 13.4. The van der Waals surface area contributed by atoms with Gasteiger partial charge in [0.25, 0.3) is 20.0 Å². The summed E-state index contributed by atoms with van der Waals surface area (Å²) in [5, 5.41) is 3.91. The number of carbonyl (C=O) groups excluding carboxylic acids is 1. The first-order chi connectivity index (χ1) is 51.3. The minimum Gasteiger partial charge on any atom is -0.481 e. The predicted octanol–water partition coefficient (Wildman–Crippen LogP) is 17.7. The number of nitrogen functional groups attached to an aromatic ring is 1. The Morgan fingerprint density at radius 3 is 1.20 bits per heavy atom. The summed E-state index contributed by atoms with van der Waals surface area (Å²) in [4.78, 5) is 52.8. The number of fused-ring (bicyclic) bond motifs is 3. The molecule has 0 unspecified atom stereocenters. The van der Waals surface area contributed by atoms with Gasteiger partial charge in [0.1, 0.15) is 11.5 Å². The highest BCUT2D eigenvalue weighted by molar-refractivity contribution is 7.90. The van der Waals surface area contributed by atoms with Crippen molar-refractivity contribution in [3.05, 3.63) is 284 Å². The fourth-order valence-electron chi connectivity index (χ4n) is 11.3. The molecule has 0 aliphatic carbocycles. The number of carbonyl (C=O) groups is 1. The highest BCUT2D eigenvalue weighted by Gasteiger charge is 2.25. The van der Waals surface area contributed by atoms with Gasteiger partial charge in [-0.05, 0) is 138 Å². The molecular formula is C83H94Cl3N13O11S2. The van der Waals surface area contributed by atoms with Crippen molar-refractivity contribution in [3.63, 3.8) is 0 Å². The standard InChI is InChI=1S/C28H25ClN4O4S.C22H21ClN4O2.C19H15ClN4O2S.C8H9NO3.6CH4/c1-36-26-13-10-20(28(32-26)37-2)9-12-23-11-8-19(16-30-23)14-21-18-33(27-25(21)15-22(29)17-31-27)38(34,35)24-6-4-3-5-7-24;1-28-20-8-5-15(22(27-20)29-2)4-7-18-6-3-14(11-24-18)9-16-12-25-21-19(16)10-17(23)13-26-21;20-15-9-17-14(8-13-6-7-18(21)22-10-13)12-24(19(17)23-11-15)27(25,26)16-4-2-1-3-5-16;1-11-7-4-3-6(5-10)8(9-7)12-2;;;;;;/h3-8,10-11,13,15-18H,9,12,14H2,1-2H3;3,5-6,8,10-13H,4,7,9H2,1-2H3,(H,25,26);1-7,9-12H,8H2,(H2,21,22);3-5H,1-2H3;6*1H4. The Labute approximate surface area is 670 Å². The second kappa shape index (κ2) is 42.0. The number of hydrogen-bond donors (Lipinski definition) is 2. The number of nitrogens with one attached hydrogen (secondary N) is 1. The molecule has 0 saturated heterocycles. The van der Waals surface area contributed by atoms with Crippen LogP contribution < -0.4 is 34.2 Å². The Balaban J connectivity index is 0.000000276. The van der Waals surface area contributed by atoms with Crippen LogP contribution in [0.5, 0.6) is 35.3 Å². The number of aryl methyl sites for hydroxylation is 4. The molecular weight excluding hydrogens is 1530 g/mol. The molecule has 14 aromatic rings. The van der Waals surface area contributed by atoms with Crippen molar-refractivity contribution in [3.8, 4) is 35.3 Å². The zero-order valence-electron chi connectivity index (χ0n) is 58.1.